The van der Waals surface area contributed by atoms with Crippen LogP contribution in [0.3, 0.4) is 0 Å². The number of hydrogen-bond donors (Lipinski definition) is 0. The predicted octanol–water partition coefficient (Wildman–Crippen LogP) is 7.88. The fourth-order valence-electron chi connectivity index (χ4n) is 5.91. The maximum Gasteiger partial charge on any atom is 0.412 e. The summed E-state index contributed by atoms with van der Waals surface area (Å²) >= 11 is 12.6. The average Bonchev–Trinajstić information content (AvgIpc) is 2.97. The van der Waals surface area contributed by atoms with Gasteiger partial charge in [-0.15, -0.1) is 0 Å². The molecule has 2 heterocycles. The first-order valence-electron chi connectivity index (χ1n) is 16.1. The van der Waals surface area contributed by atoms with Gasteiger partial charge in [-0.25, -0.2) is 4.79 Å². The molecule has 8 nitrogen and oxygen atoms in total. The Kier molecular flexibility index (Phi) is 11.6. The van der Waals surface area contributed by atoms with Gasteiger partial charge in [0, 0.05) is 50.2 Å². The molecule has 1 atom stereocenters. The summed E-state index contributed by atoms with van der Waals surface area (Å²) in [6.07, 6.45) is 2.57. The van der Waals surface area contributed by atoms with E-state index < -0.39 is 11.6 Å². The van der Waals surface area contributed by atoms with Crippen molar-refractivity contribution in [3.05, 3.63) is 52.0 Å². The number of fused-ring (bicyclic) bond motifs is 1. The van der Waals surface area contributed by atoms with E-state index >= 15 is 0 Å². The second-order valence-electron chi connectivity index (χ2n) is 14.2. The molecule has 0 radical (unpaired) electrons. The molecule has 45 heavy (non-hydrogen) atoms. The summed E-state index contributed by atoms with van der Waals surface area (Å²) in [4.78, 5) is 34.5. The summed E-state index contributed by atoms with van der Waals surface area (Å²) in [6.45, 7) is 19.6. The van der Waals surface area contributed by atoms with Gasteiger partial charge < -0.3 is 19.3 Å². The highest BCUT2D eigenvalue weighted by Crippen LogP contribution is 2.34. The van der Waals surface area contributed by atoms with Crippen molar-refractivity contribution < 1.29 is 19.1 Å². The Labute approximate surface area is 279 Å². The van der Waals surface area contributed by atoms with E-state index in [1.807, 2.05) is 64.1 Å². The number of aryl methyl sites for hydroxylation is 1. The predicted molar refractivity (Wildman–Crippen MR) is 184 cm³/mol. The highest BCUT2D eigenvalue weighted by molar-refractivity contribution is 6.43. The summed E-state index contributed by atoms with van der Waals surface area (Å²) in [5, 5.41) is 1.21. The lowest BCUT2D eigenvalue weighted by atomic mass is 9.85. The number of halogens is 2. The first-order chi connectivity index (χ1) is 21.2. The molecule has 0 bridgehead atoms. The standard InChI is InChI=1S/C35H50Cl2N4O4/c1-25(34(2,3)4)41(35(5,6)7)33(43)45-24-40-30-23-27(15-13-26(30)14-16-31(40)42)44-22-9-8-17-38-18-20-39(21-19-38)29-12-10-11-28(36)32(29)37/h10-13,15,23,25H,8-9,14,16-22,24H2,1-7H3. The maximum atomic E-state index is 13.4. The molecule has 2 aliphatic rings. The van der Waals surface area contributed by atoms with Crippen molar-refractivity contribution in [3.63, 3.8) is 0 Å². The van der Waals surface area contributed by atoms with Gasteiger partial charge in [0.15, 0.2) is 6.73 Å². The summed E-state index contributed by atoms with van der Waals surface area (Å²) in [6, 6.07) is 11.6. The Balaban J connectivity index is 1.26. The van der Waals surface area contributed by atoms with Crippen LogP contribution in [0.15, 0.2) is 36.4 Å². The van der Waals surface area contributed by atoms with E-state index in [4.69, 9.17) is 32.7 Å². The van der Waals surface area contributed by atoms with Gasteiger partial charge in [-0.1, -0.05) is 56.1 Å². The SMILES string of the molecule is CC(N(C(=O)OCN1C(=O)CCc2ccc(OCCCCN3CCN(c4cccc(Cl)c4Cl)CC3)cc21)C(C)(C)C)C(C)(C)C. The molecule has 0 saturated carbocycles. The number of carbonyl (C=O) groups excluding carboxylic acids is 2. The lowest BCUT2D eigenvalue weighted by Gasteiger charge is -2.45. The zero-order valence-electron chi connectivity index (χ0n) is 28.0. The lowest BCUT2D eigenvalue weighted by Crippen LogP contribution is -2.55. The van der Waals surface area contributed by atoms with Crippen LogP contribution in [0.5, 0.6) is 5.75 Å². The van der Waals surface area contributed by atoms with E-state index in [1.165, 1.54) is 0 Å². The molecule has 2 aromatic rings. The van der Waals surface area contributed by atoms with E-state index in [2.05, 4.69) is 30.6 Å². The summed E-state index contributed by atoms with van der Waals surface area (Å²) < 4.78 is 11.9. The van der Waals surface area contributed by atoms with Crippen LogP contribution < -0.4 is 14.5 Å². The smallest absolute Gasteiger partial charge is 0.412 e. The van der Waals surface area contributed by atoms with Gasteiger partial charge in [-0.2, -0.15) is 0 Å². The molecule has 0 N–H and O–H groups in total. The van der Waals surface area contributed by atoms with Crippen LogP contribution in [0.25, 0.3) is 0 Å². The maximum absolute atomic E-state index is 13.4. The quantitative estimate of drug-likeness (QED) is 0.242. The molecular formula is C35H50Cl2N4O4. The van der Waals surface area contributed by atoms with Gasteiger partial charge in [-0.05, 0) is 82.7 Å². The third-order valence-electron chi connectivity index (χ3n) is 8.92. The number of unbranched alkanes of at least 4 members (excludes halogenated alkanes) is 1. The van der Waals surface area contributed by atoms with Crippen molar-refractivity contribution >= 4 is 46.6 Å². The Bertz CT molecular complexity index is 1330. The van der Waals surface area contributed by atoms with Crippen LogP contribution in [0.4, 0.5) is 16.2 Å². The van der Waals surface area contributed by atoms with Crippen LogP contribution in [0.2, 0.25) is 10.0 Å². The molecule has 248 valence electrons. The minimum absolute atomic E-state index is 0.0589. The van der Waals surface area contributed by atoms with Crippen molar-refractivity contribution in [3.8, 4) is 5.75 Å². The van der Waals surface area contributed by atoms with Crippen LogP contribution >= 0.6 is 23.2 Å². The zero-order valence-corrected chi connectivity index (χ0v) is 29.5. The average molecular weight is 662 g/mol. The topological polar surface area (TPSA) is 65.6 Å². The number of ether oxygens (including phenoxy) is 2. The Morgan fingerprint density at radius 1 is 0.956 bits per heavy atom. The number of piperazine rings is 1. The number of rotatable bonds is 10. The van der Waals surface area contributed by atoms with Gasteiger partial charge in [0.25, 0.3) is 0 Å². The Morgan fingerprint density at radius 2 is 1.67 bits per heavy atom. The van der Waals surface area contributed by atoms with E-state index in [1.54, 1.807) is 9.80 Å². The molecule has 2 aromatic carbocycles. The van der Waals surface area contributed by atoms with Gasteiger partial charge in [-0.3, -0.25) is 14.6 Å². The molecular weight excluding hydrogens is 611 g/mol. The second kappa shape index (κ2) is 14.8. The number of amides is 2. The molecule has 0 aliphatic carbocycles. The van der Waals surface area contributed by atoms with Crippen molar-refractivity contribution in [2.45, 2.75) is 85.7 Å². The summed E-state index contributed by atoms with van der Waals surface area (Å²) in [5.41, 5.74) is 2.23. The molecule has 10 heteroatoms. The minimum atomic E-state index is -0.436. The van der Waals surface area contributed by atoms with Gasteiger partial charge in [0.2, 0.25) is 5.91 Å². The lowest BCUT2D eigenvalue weighted by molar-refractivity contribution is -0.119. The fourth-order valence-corrected chi connectivity index (χ4v) is 6.33. The first kappa shape index (κ1) is 35.2. The van der Waals surface area contributed by atoms with Crippen LogP contribution in [-0.2, 0) is 16.0 Å². The van der Waals surface area contributed by atoms with Crippen LogP contribution in [0.1, 0.15) is 73.3 Å². The molecule has 0 aromatic heterocycles. The first-order valence-corrected chi connectivity index (χ1v) is 16.9. The summed E-state index contributed by atoms with van der Waals surface area (Å²) in [5.74, 6) is 0.654. The monoisotopic (exact) mass is 660 g/mol. The fraction of sp³-hybridized carbons (Fsp3) is 0.600. The molecule has 0 spiro atoms. The molecule has 2 aliphatic heterocycles. The van der Waals surface area contributed by atoms with E-state index in [0.29, 0.717) is 35.2 Å². The molecule has 2 amide bonds. The van der Waals surface area contributed by atoms with Crippen molar-refractivity contribution in [2.75, 3.05) is 55.9 Å². The minimum Gasteiger partial charge on any atom is -0.494 e. The van der Waals surface area contributed by atoms with Crippen LogP contribution in [0, 0.1) is 5.41 Å². The zero-order chi connectivity index (χ0) is 32.9. The number of carbonyl (C=O) groups is 2. The Morgan fingerprint density at radius 3 is 2.33 bits per heavy atom. The number of benzene rings is 2. The van der Waals surface area contributed by atoms with Gasteiger partial charge >= 0.3 is 6.09 Å². The van der Waals surface area contributed by atoms with E-state index in [-0.39, 0.29) is 24.1 Å². The molecule has 1 unspecified atom stereocenters. The molecule has 1 fully saturated rings. The Hall–Kier alpha value is -2.68. The van der Waals surface area contributed by atoms with Crippen LogP contribution in [-0.4, -0.2) is 79.4 Å². The normalized spacial score (nSPS) is 16.8. The summed E-state index contributed by atoms with van der Waals surface area (Å²) in [7, 11) is 0. The second-order valence-corrected chi connectivity index (χ2v) is 15.0. The highest BCUT2D eigenvalue weighted by atomic mass is 35.5. The van der Waals surface area contributed by atoms with Crippen molar-refractivity contribution in [2.24, 2.45) is 5.41 Å². The van der Waals surface area contributed by atoms with Crippen molar-refractivity contribution in [1.82, 2.24) is 9.80 Å². The highest BCUT2D eigenvalue weighted by Gasteiger charge is 2.38. The number of anilines is 2. The number of nitrogens with zero attached hydrogens (tertiary/aromatic N) is 4. The van der Waals surface area contributed by atoms with Gasteiger partial charge in [0.1, 0.15) is 5.75 Å². The molecule has 4 rings (SSSR count). The largest absolute Gasteiger partial charge is 0.494 e. The number of hydrogen-bond acceptors (Lipinski definition) is 6. The molecule has 1 saturated heterocycles. The van der Waals surface area contributed by atoms with Crippen molar-refractivity contribution in [1.29, 1.82) is 0 Å². The third-order valence-corrected chi connectivity index (χ3v) is 9.72. The third kappa shape index (κ3) is 8.99. The van der Waals surface area contributed by atoms with E-state index in [9.17, 15) is 9.59 Å². The van der Waals surface area contributed by atoms with E-state index in [0.717, 1.165) is 62.5 Å². The van der Waals surface area contributed by atoms with Gasteiger partial charge in [0.05, 0.1) is 28.0 Å².